The number of anilines is 1. The van der Waals surface area contributed by atoms with Crippen molar-refractivity contribution < 1.29 is 0 Å². The van der Waals surface area contributed by atoms with Crippen LogP contribution in [0.2, 0.25) is 0 Å². The third kappa shape index (κ3) is 1.95. The Morgan fingerprint density at radius 1 is 1.38 bits per heavy atom. The maximum absolute atomic E-state index is 11.4. The van der Waals surface area contributed by atoms with Crippen molar-refractivity contribution in [3.8, 4) is 0 Å². The molecule has 0 amide bonds. The maximum Gasteiger partial charge on any atom is 0.347 e. The van der Waals surface area contributed by atoms with Gasteiger partial charge >= 0.3 is 5.69 Å². The summed E-state index contributed by atoms with van der Waals surface area (Å²) in [6, 6.07) is 7.44. The van der Waals surface area contributed by atoms with Crippen molar-refractivity contribution in [2.24, 2.45) is 0 Å². The van der Waals surface area contributed by atoms with Crippen molar-refractivity contribution in [3.63, 3.8) is 0 Å². The van der Waals surface area contributed by atoms with Crippen LogP contribution in [0.15, 0.2) is 41.5 Å². The molecule has 0 aliphatic heterocycles. The van der Waals surface area contributed by atoms with Gasteiger partial charge in [0.05, 0.1) is 6.54 Å². The molecule has 2 N–H and O–H groups in total. The number of rotatable bonds is 2. The molecule has 0 atom stereocenters. The smallest absolute Gasteiger partial charge is 0.347 e. The summed E-state index contributed by atoms with van der Waals surface area (Å²) in [7, 11) is 0. The zero-order valence-corrected chi connectivity index (χ0v) is 9.05. The van der Waals surface area contributed by atoms with Crippen molar-refractivity contribution in [2.75, 3.05) is 5.73 Å². The Labute approximate surface area is 93.4 Å². The van der Waals surface area contributed by atoms with Crippen molar-refractivity contribution in [3.05, 3.63) is 58.3 Å². The summed E-state index contributed by atoms with van der Waals surface area (Å²) >= 11 is 0. The molecular formula is C12H13N3O. The fourth-order valence-corrected chi connectivity index (χ4v) is 1.57. The van der Waals surface area contributed by atoms with E-state index in [0.717, 1.165) is 16.8 Å². The minimum Gasteiger partial charge on any atom is -0.399 e. The van der Waals surface area contributed by atoms with E-state index in [1.54, 1.807) is 16.8 Å². The summed E-state index contributed by atoms with van der Waals surface area (Å²) in [5.74, 6) is 0. The second kappa shape index (κ2) is 4.18. The molecule has 0 aliphatic rings. The van der Waals surface area contributed by atoms with Crippen LogP contribution in [0, 0.1) is 6.92 Å². The van der Waals surface area contributed by atoms with Gasteiger partial charge in [-0.1, -0.05) is 12.1 Å². The van der Waals surface area contributed by atoms with E-state index in [1.807, 2.05) is 25.1 Å². The predicted octanol–water partition coefficient (Wildman–Crippen LogP) is 1.18. The van der Waals surface area contributed by atoms with Crippen LogP contribution < -0.4 is 11.4 Å². The molecule has 0 aliphatic carbocycles. The van der Waals surface area contributed by atoms with Crippen LogP contribution in [0.5, 0.6) is 0 Å². The van der Waals surface area contributed by atoms with Gasteiger partial charge in [0.1, 0.15) is 0 Å². The van der Waals surface area contributed by atoms with E-state index in [2.05, 4.69) is 4.98 Å². The lowest BCUT2D eigenvalue weighted by atomic mass is 10.1. The zero-order valence-electron chi connectivity index (χ0n) is 9.05. The van der Waals surface area contributed by atoms with Crippen molar-refractivity contribution in [2.45, 2.75) is 13.5 Å². The van der Waals surface area contributed by atoms with E-state index in [-0.39, 0.29) is 5.69 Å². The van der Waals surface area contributed by atoms with E-state index in [1.165, 1.54) is 6.20 Å². The Hall–Kier alpha value is -2.10. The highest BCUT2D eigenvalue weighted by atomic mass is 16.1. The SMILES string of the molecule is Cc1c(N)cccc1Cn1cccnc1=O. The molecule has 4 nitrogen and oxygen atoms in total. The molecule has 2 aromatic rings. The largest absolute Gasteiger partial charge is 0.399 e. The first-order chi connectivity index (χ1) is 7.68. The van der Waals surface area contributed by atoms with Gasteiger partial charge in [0.2, 0.25) is 0 Å². The van der Waals surface area contributed by atoms with E-state index >= 15 is 0 Å². The second-order valence-corrected chi connectivity index (χ2v) is 3.66. The number of hydrogen-bond donors (Lipinski definition) is 1. The van der Waals surface area contributed by atoms with Gasteiger partial charge < -0.3 is 5.73 Å². The molecule has 0 saturated heterocycles. The molecule has 1 heterocycles. The summed E-state index contributed by atoms with van der Waals surface area (Å²) in [4.78, 5) is 15.1. The number of benzene rings is 1. The average molecular weight is 215 g/mol. The molecule has 1 aromatic carbocycles. The van der Waals surface area contributed by atoms with Gasteiger partial charge in [-0.3, -0.25) is 4.57 Å². The lowest BCUT2D eigenvalue weighted by Gasteiger charge is -2.09. The lowest BCUT2D eigenvalue weighted by Crippen LogP contribution is -2.22. The monoisotopic (exact) mass is 215 g/mol. The first kappa shape index (κ1) is 10.4. The summed E-state index contributed by atoms with van der Waals surface area (Å²) in [5.41, 5.74) is 8.36. The Balaban J connectivity index is 2.38. The van der Waals surface area contributed by atoms with Crippen LogP contribution in [-0.2, 0) is 6.54 Å². The highest BCUT2D eigenvalue weighted by molar-refractivity contribution is 5.49. The maximum atomic E-state index is 11.4. The van der Waals surface area contributed by atoms with Gasteiger partial charge in [0.25, 0.3) is 0 Å². The van der Waals surface area contributed by atoms with Gasteiger partial charge in [0, 0.05) is 18.1 Å². The molecule has 82 valence electrons. The molecule has 0 spiro atoms. The standard InChI is InChI=1S/C12H13N3O/c1-9-10(4-2-5-11(9)13)8-15-7-3-6-14-12(15)16/h2-7H,8,13H2,1H3. The highest BCUT2D eigenvalue weighted by Crippen LogP contribution is 2.15. The molecule has 2 rings (SSSR count). The van der Waals surface area contributed by atoms with Gasteiger partial charge in [-0.15, -0.1) is 0 Å². The quantitative estimate of drug-likeness (QED) is 0.765. The van der Waals surface area contributed by atoms with Crippen molar-refractivity contribution in [1.29, 1.82) is 0 Å². The summed E-state index contributed by atoms with van der Waals surface area (Å²) in [6.45, 7) is 2.45. The molecule has 0 bridgehead atoms. The second-order valence-electron chi connectivity index (χ2n) is 3.66. The van der Waals surface area contributed by atoms with Crippen LogP contribution in [0.3, 0.4) is 0 Å². The van der Waals surface area contributed by atoms with E-state index in [9.17, 15) is 4.79 Å². The highest BCUT2D eigenvalue weighted by Gasteiger charge is 2.03. The van der Waals surface area contributed by atoms with Gasteiger partial charge in [-0.05, 0) is 30.2 Å². The zero-order chi connectivity index (χ0) is 11.5. The minimum atomic E-state index is -0.246. The topological polar surface area (TPSA) is 60.9 Å². The molecule has 4 heteroatoms. The molecule has 0 fully saturated rings. The molecule has 1 aromatic heterocycles. The Bertz CT molecular complexity index is 560. The van der Waals surface area contributed by atoms with Gasteiger partial charge in [-0.2, -0.15) is 0 Å². The number of nitrogen functional groups attached to an aromatic ring is 1. The Morgan fingerprint density at radius 2 is 2.19 bits per heavy atom. The number of aromatic nitrogens is 2. The molecule has 0 unspecified atom stereocenters. The van der Waals surface area contributed by atoms with Crippen LogP contribution in [0.25, 0.3) is 0 Å². The third-order valence-electron chi connectivity index (χ3n) is 2.61. The van der Waals surface area contributed by atoms with Crippen LogP contribution in [-0.4, -0.2) is 9.55 Å². The summed E-state index contributed by atoms with van der Waals surface area (Å²) in [6.07, 6.45) is 3.21. The molecular weight excluding hydrogens is 202 g/mol. The van der Waals surface area contributed by atoms with Crippen LogP contribution in [0.4, 0.5) is 5.69 Å². The van der Waals surface area contributed by atoms with Crippen molar-refractivity contribution in [1.82, 2.24) is 9.55 Å². The Morgan fingerprint density at radius 3 is 2.94 bits per heavy atom. The van der Waals surface area contributed by atoms with Crippen LogP contribution >= 0.6 is 0 Å². The van der Waals surface area contributed by atoms with Gasteiger partial charge in [0.15, 0.2) is 0 Å². The van der Waals surface area contributed by atoms with Gasteiger partial charge in [-0.25, -0.2) is 9.78 Å². The number of nitrogens with two attached hydrogens (primary N) is 1. The summed E-state index contributed by atoms with van der Waals surface area (Å²) in [5, 5.41) is 0. The molecule has 16 heavy (non-hydrogen) atoms. The minimum absolute atomic E-state index is 0.246. The normalized spacial score (nSPS) is 10.3. The van der Waals surface area contributed by atoms with Crippen molar-refractivity contribution >= 4 is 5.69 Å². The average Bonchev–Trinajstić information content (AvgIpc) is 2.28. The van der Waals surface area contributed by atoms with E-state index in [0.29, 0.717) is 6.54 Å². The summed E-state index contributed by atoms with van der Waals surface area (Å²) < 4.78 is 1.56. The fourth-order valence-electron chi connectivity index (χ4n) is 1.57. The number of nitrogens with zero attached hydrogens (tertiary/aromatic N) is 2. The number of hydrogen-bond acceptors (Lipinski definition) is 3. The molecule has 0 saturated carbocycles. The first-order valence-electron chi connectivity index (χ1n) is 5.04. The van der Waals surface area contributed by atoms with E-state index in [4.69, 9.17) is 5.73 Å². The molecule has 0 radical (unpaired) electrons. The third-order valence-corrected chi connectivity index (χ3v) is 2.61. The Kier molecular flexibility index (Phi) is 2.72. The van der Waals surface area contributed by atoms with Crippen LogP contribution in [0.1, 0.15) is 11.1 Å². The first-order valence-corrected chi connectivity index (χ1v) is 5.04. The van der Waals surface area contributed by atoms with E-state index < -0.39 is 0 Å². The fraction of sp³-hybridized carbons (Fsp3) is 0.167. The lowest BCUT2D eigenvalue weighted by molar-refractivity contribution is 0.724. The predicted molar refractivity (Wildman–Crippen MR) is 63.2 cm³/mol.